The van der Waals surface area contributed by atoms with Crippen molar-refractivity contribution in [2.45, 2.75) is 101 Å². The molecule has 9 rings (SSSR count). The Morgan fingerprint density at radius 2 is 0.741 bits per heavy atom. The second kappa shape index (κ2) is 22.3. The van der Waals surface area contributed by atoms with Crippen LogP contribution >= 0.6 is 37.2 Å². The average molecular weight is 1110 g/mol. The van der Waals surface area contributed by atoms with E-state index in [1.165, 1.54) is 38.5 Å². The van der Waals surface area contributed by atoms with Gasteiger partial charge in [-0.05, 0) is 113 Å². The van der Waals surface area contributed by atoms with Gasteiger partial charge in [0.25, 0.3) is 0 Å². The van der Waals surface area contributed by atoms with Crippen molar-refractivity contribution < 1.29 is 51.4 Å². The molecule has 0 aromatic heterocycles. The number of hydrogen-bond acceptors (Lipinski definition) is 8. The molecule has 54 heavy (non-hydrogen) atoms. The van der Waals surface area contributed by atoms with E-state index in [4.69, 9.17) is 18.9 Å². The third kappa shape index (κ3) is 13.3. The van der Waals surface area contributed by atoms with Gasteiger partial charge in [-0.25, -0.2) is 0 Å². The Morgan fingerprint density at radius 3 is 0.981 bits per heavy atom. The van der Waals surface area contributed by atoms with Gasteiger partial charge >= 0.3 is 73.5 Å². The fraction of sp³-hybridized carbons (Fsp3) is 0.895. The molecule has 12 nitrogen and oxygen atoms in total. The van der Waals surface area contributed by atoms with Crippen LogP contribution in [0.4, 0.5) is 0 Å². The van der Waals surface area contributed by atoms with Crippen LogP contribution in [0.5, 0.6) is 0 Å². The van der Waals surface area contributed by atoms with Gasteiger partial charge in [0.1, 0.15) is 12.8 Å². The first kappa shape index (κ1) is 45.8. The van der Waals surface area contributed by atoms with Gasteiger partial charge in [-0.3, -0.25) is 19.2 Å². The Balaban J connectivity index is 0.00000136. The van der Waals surface area contributed by atoms with E-state index in [0.717, 1.165) is 74.0 Å². The predicted molar refractivity (Wildman–Crippen MR) is 218 cm³/mol. The van der Waals surface area contributed by atoms with Crippen LogP contribution in [0, 0.1) is 35.5 Å². The molecule has 4 amide bonds. The minimum absolute atomic E-state index is 0. The zero-order chi connectivity index (χ0) is 37.3. The fourth-order valence-electron chi connectivity index (χ4n) is 11.8. The van der Waals surface area contributed by atoms with E-state index in [9.17, 15) is 19.2 Å². The van der Waals surface area contributed by atoms with Crippen molar-refractivity contribution in [1.29, 1.82) is 0 Å². The summed E-state index contributed by atoms with van der Waals surface area (Å²) in [7, 11) is 0. The summed E-state index contributed by atoms with van der Waals surface area (Å²) in [6.45, 7) is 4.07. The Labute approximate surface area is 367 Å². The van der Waals surface area contributed by atoms with Crippen LogP contribution in [-0.4, -0.2) is 147 Å². The van der Waals surface area contributed by atoms with Gasteiger partial charge in [0, 0.05) is 37.3 Å². The molecule has 302 valence electrons. The number of halogens is 3. The number of nitrogens with zero attached hydrogens (tertiary/aromatic N) is 2. The topological polar surface area (TPSA) is 136 Å². The normalized spacial score (nSPS) is 35.5. The number of hydrogen-bond donors (Lipinski definition) is 2. The molecule has 1 saturated heterocycles. The van der Waals surface area contributed by atoms with Crippen molar-refractivity contribution in [3.63, 3.8) is 0 Å². The van der Waals surface area contributed by atoms with Gasteiger partial charge in [-0.1, -0.05) is 0 Å². The minimum Gasteiger partial charge on any atom is -0.377 e. The van der Waals surface area contributed by atoms with E-state index >= 15 is 0 Å². The minimum atomic E-state index is -0.210. The molecule has 9 aliphatic rings. The molecule has 0 aromatic rings. The Kier molecular flexibility index (Phi) is 18.9. The Bertz CT molecular complexity index is 1080. The summed E-state index contributed by atoms with van der Waals surface area (Å²) in [5.74, 6) is 3.57. The second-order valence-electron chi connectivity index (χ2n) is 17.1. The van der Waals surface area contributed by atoms with Gasteiger partial charge < -0.3 is 39.4 Å². The maximum Gasteiger partial charge on any atom is 2.00 e. The van der Waals surface area contributed by atoms with Crippen LogP contribution in [0.2, 0.25) is 0 Å². The smallest absolute Gasteiger partial charge is 0.377 e. The van der Waals surface area contributed by atoms with Crippen molar-refractivity contribution >= 4 is 83.9 Å². The monoisotopic (exact) mass is 1110 g/mol. The molecular weight excluding hydrogens is 1050 g/mol. The standard InChI is InChI=1S/C38H60N4O8.I3.Mg/c43-33(39-37-21-27-13-28(22-37)15-29(14-27)23-37)19-35(45)41-1-5-47-9-10-49-7-3-42(4-8-50-12-11-48-6-2-41)36(46)20-34(44)40-38-24-30-16-31(25-38)18-32(17-30)26-38;1-3-2;/h27-32H,1-26H2,(H,39,43)(H,40,44);;/q;-1;+2. The summed E-state index contributed by atoms with van der Waals surface area (Å²) < 4.78 is 23.1. The summed E-state index contributed by atoms with van der Waals surface area (Å²) in [4.78, 5) is 56.1. The van der Waals surface area contributed by atoms with Gasteiger partial charge in [0.15, 0.2) is 0 Å². The molecule has 2 N–H and O–H groups in total. The molecule has 16 heteroatoms. The third-order valence-corrected chi connectivity index (χ3v) is 13.0. The molecule has 1 aliphatic heterocycles. The molecule has 1 heterocycles. The van der Waals surface area contributed by atoms with Gasteiger partial charge in [-0.2, -0.15) is 0 Å². The maximum absolute atomic E-state index is 13.3. The molecule has 8 bridgehead atoms. The molecule has 8 saturated carbocycles. The second-order valence-corrected chi connectivity index (χ2v) is 33.4. The molecule has 0 unspecified atom stereocenters. The van der Waals surface area contributed by atoms with Crippen LogP contribution in [0.1, 0.15) is 89.9 Å². The molecule has 0 aromatic carbocycles. The van der Waals surface area contributed by atoms with Crippen molar-refractivity contribution in [3.05, 3.63) is 0 Å². The molecule has 0 radical (unpaired) electrons. The number of amides is 4. The van der Waals surface area contributed by atoms with Gasteiger partial charge in [-0.15, -0.1) is 0 Å². The van der Waals surface area contributed by atoms with Crippen molar-refractivity contribution in [2.24, 2.45) is 35.5 Å². The van der Waals surface area contributed by atoms with Crippen LogP contribution in [0.15, 0.2) is 0 Å². The average Bonchev–Trinajstić information content (AvgIpc) is 3.06. The van der Waals surface area contributed by atoms with Crippen molar-refractivity contribution in [3.8, 4) is 0 Å². The van der Waals surface area contributed by atoms with Crippen molar-refractivity contribution in [1.82, 2.24) is 20.4 Å². The van der Waals surface area contributed by atoms with E-state index < -0.39 is 0 Å². The van der Waals surface area contributed by atoms with E-state index in [1.807, 2.05) is 0 Å². The zero-order valence-electron chi connectivity index (χ0n) is 31.9. The summed E-state index contributed by atoms with van der Waals surface area (Å²) in [6.07, 6.45) is 13.8. The quantitative estimate of drug-likeness (QED) is 0.230. The summed E-state index contributed by atoms with van der Waals surface area (Å²) in [5, 5.41) is 6.64. The number of ether oxygens (including phenoxy) is 4. The zero-order valence-corrected chi connectivity index (χ0v) is 39.7. The Hall–Kier alpha value is 0.676. The summed E-state index contributed by atoms with van der Waals surface area (Å²) in [5.41, 5.74) is -0.225. The van der Waals surface area contributed by atoms with Crippen LogP contribution in [0.3, 0.4) is 0 Å². The van der Waals surface area contributed by atoms with Gasteiger partial charge in [0.2, 0.25) is 23.6 Å². The van der Waals surface area contributed by atoms with E-state index in [0.29, 0.717) is 92.3 Å². The molecule has 0 atom stereocenters. The molecular formula is C38H60I3MgN4O8+. The summed E-state index contributed by atoms with van der Waals surface area (Å²) >= 11 is 5.30. The largest absolute Gasteiger partial charge is 2.00 e. The number of carbonyl (C=O) groups excluding carboxylic acids is 4. The predicted octanol–water partition coefficient (Wildman–Crippen LogP) is 1.07. The third-order valence-electron chi connectivity index (χ3n) is 13.0. The van der Waals surface area contributed by atoms with Gasteiger partial charge in [0.05, 0.1) is 52.9 Å². The maximum atomic E-state index is 13.3. The number of rotatable bonds is 6. The SMILES string of the molecule is I[I-]I.O=C(CC(=O)N1CCOCCOCCN(C(=O)CC(=O)NC23CC4CC(CC(C4)C2)C3)CCOCCOCC1)NC12CC3CC(CC(C3)C1)C2.[Mg+2]. The molecule has 9 fully saturated rings. The first-order valence-electron chi connectivity index (χ1n) is 20.0. The van der Waals surface area contributed by atoms with Crippen LogP contribution in [-0.2, 0) is 38.1 Å². The van der Waals surface area contributed by atoms with E-state index in [1.54, 1.807) is 9.80 Å². The van der Waals surface area contributed by atoms with E-state index in [2.05, 4.69) is 47.9 Å². The molecule has 0 spiro atoms. The molecule has 8 aliphatic carbocycles. The van der Waals surface area contributed by atoms with Crippen LogP contribution in [0.25, 0.3) is 0 Å². The number of nitrogens with one attached hydrogen (secondary N) is 2. The number of carbonyl (C=O) groups is 4. The van der Waals surface area contributed by atoms with Crippen molar-refractivity contribution in [2.75, 3.05) is 79.0 Å². The summed E-state index contributed by atoms with van der Waals surface area (Å²) in [6, 6.07) is 0. The first-order chi connectivity index (χ1) is 25.6. The van der Waals surface area contributed by atoms with Crippen LogP contribution < -0.4 is 23.9 Å². The van der Waals surface area contributed by atoms with E-state index in [-0.39, 0.29) is 70.6 Å². The fourth-order valence-corrected chi connectivity index (χ4v) is 11.8. The first-order valence-corrected chi connectivity index (χ1v) is 32.6. The Morgan fingerprint density at radius 1 is 0.500 bits per heavy atom.